The van der Waals surface area contributed by atoms with Gasteiger partial charge in [-0.3, -0.25) is 4.79 Å². The van der Waals surface area contributed by atoms with Crippen molar-refractivity contribution in [3.05, 3.63) is 53.6 Å². The van der Waals surface area contributed by atoms with E-state index in [4.69, 9.17) is 21.1 Å². The van der Waals surface area contributed by atoms with Crippen LogP contribution in [0.15, 0.2) is 48.5 Å². The lowest BCUT2D eigenvalue weighted by molar-refractivity contribution is -0.139. The highest BCUT2D eigenvalue weighted by molar-refractivity contribution is 6.30. The molecule has 5 nitrogen and oxygen atoms in total. The number of anilines is 1. The lowest BCUT2D eigenvalue weighted by Gasteiger charge is -2.37. The molecule has 0 aliphatic carbocycles. The lowest BCUT2D eigenvalue weighted by atomic mass is 10.2. The maximum Gasteiger partial charge on any atom is 0.263 e. The second kappa shape index (κ2) is 9.00. The molecule has 1 unspecified atom stereocenters. The number of rotatable bonds is 6. The molecule has 1 aliphatic heterocycles. The maximum atomic E-state index is 12.9. The quantitative estimate of drug-likeness (QED) is 0.753. The van der Waals surface area contributed by atoms with Gasteiger partial charge in [0, 0.05) is 36.9 Å². The highest BCUT2D eigenvalue weighted by Gasteiger charge is 2.28. The standard InChI is InChI=1S/C21H25ClN2O3/c1-3-20(27-19-6-4-5-16(22)15-19)21(25)24-13-11-23(12-14-24)17-7-9-18(26-2)10-8-17/h4-10,15,20H,3,11-14H2,1-2H3. The van der Waals surface area contributed by atoms with Gasteiger partial charge in [-0.2, -0.15) is 0 Å². The molecule has 1 atom stereocenters. The van der Waals surface area contributed by atoms with Crippen LogP contribution in [0.1, 0.15) is 13.3 Å². The number of ether oxygens (including phenoxy) is 2. The SMILES string of the molecule is CCC(Oc1cccc(Cl)c1)C(=O)N1CCN(c2ccc(OC)cc2)CC1. The minimum absolute atomic E-state index is 0.0341. The van der Waals surface area contributed by atoms with Crippen molar-refractivity contribution < 1.29 is 14.3 Å². The number of amides is 1. The Morgan fingerprint density at radius 2 is 1.78 bits per heavy atom. The summed E-state index contributed by atoms with van der Waals surface area (Å²) in [5.41, 5.74) is 1.14. The summed E-state index contributed by atoms with van der Waals surface area (Å²) in [5.74, 6) is 1.50. The van der Waals surface area contributed by atoms with Crippen molar-refractivity contribution >= 4 is 23.2 Å². The van der Waals surface area contributed by atoms with E-state index in [0.717, 1.165) is 24.5 Å². The molecule has 1 fully saturated rings. The van der Waals surface area contributed by atoms with Gasteiger partial charge in [0.1, 0.15) is 11.5 Å². The van der Waals surface area contributed by atoms with Gasteiger partial charge in [0.2, 0.25) is 0 Å². The molecule has 1 amide bonds. The van der Waals surface area contributed by atoms with E-state index in [1.54, 1.807) is 19.2 Å². The normalized spacial score (nSPS) is 15.4. The van der Waals surface area contributed by atoms with Crippen LogP contribution in [0.5, 0.6) is 11.5 Å². The first kappa shape index (κ1) is 19.4. The van der Waals surface area contributed by atoms with Crippen molar-refractivity contribution in [2.45, 2.75) is 19.4 Å². The van der Waals surface area contributed by atoms with Gasteiger partial charge in [0.15, 0.2) is 6.10 Å². The monoisotopic (exact) mass is 388 g/mol. The van der Waals surface area contributed by atoms with Gasteiger partial charge in [-0.05, 0) is 48.9 Å². The zero-order chi connectivity index (χ0) is 19.2. The van der Waals surface area contributed by atoms with E-state index in [2.05, 4.69) is 4.90 Å². The molecule has 0 saturated carbocycles. The van der Waals surface area contributed by atoms with Crippen LogP contribution in [0.3, 0.4) is 0 Å². The zero-order valence-corrected chi connectivity index (χ0v) is 16.5. The third kappa shape index (κ3) is 4.86. The van der Waals surface area contributed by atoms with Gasteiger partial charge in [0.05, 0.1) is 7.11 Å². The van der Waals surface area contributed by atoms with E-state index in [-0.39, 0.29) is 5.91 Å². The molecule has 27 heavy (non-hydrogen) atoms. The molecule has 1 saturated heterocycles. The van der Waals surface area contributed by atoms with E-state index < -0.39 is 6.10 Å². The molecule has 3 rings (SSSR count). The van der Waals surface area contributed by atoms with E-state index in [0.29, 0.717) is 30.3 Å². The fourth-order valence-corrected chi connectivity index (χ4v) is 3.37. The van der Waals surface area contributed by atoms with Crippen LogP contribution >= 0.6 is 11.6 Å². The van der Waals surface area contributed by atoms with E-state index >= 15 is 0 Å². The summed E-state index contributed by atoms with van der Waals surface area (Å²) in [5, 5.41) is 0.600. The van der Waals surface area contributed by atoms with Crippen LogP contribution in [-0.2, 0) is 4.79 Å². The smallest absolute Gasteiger partial charge is 0.263 e. The Morgan fingerprint density at radius 3 is 2.37 bits per heavy atom. The number of piperazine rings is 1. The summed E-state index contributed by atoms with van der Waals surface area (Å²) in [6, 6.07) is 15.2. The second-order valence-electron chi connectivity index (χ2n) is 6.48. The summed E-state index contributed by atoms with van der Waals surface area (Å²) < 4.78 is 11.1. The molecule has 0 radical (unpaired) electrons. The number of methoxy groups -OCH3 is 1. The molecular formula is C21H25ClN2O3. The maximum absolute atomic E-state index is 12.9. The zero-order valence-electron chi connectivity index (χ0n) is 15.7. The Labute approximate surface area is 165 Å². The summed E-state index contributed by atoms with van der Waals surface area (Å²) in [6.07, 6.45) is 0.125. The van der Waals surface area contributed by atoms with Gasteiger partial charge >= 0.3 is 0 Å². The fraction of sp³-hybridized carbons (Fsp3) is 0.381. The number of hydrogen-bond acceptors (Lipinski definition) is 4. The highest BCUT2D eigenvalue weighted by atomic mass is 35.5. The first-order valence-corrected chi connectivity index (χ1v) is 9.58. The summed E-state index contributed by atoms with van der Waals surface area (Å²) in [4.78, 5) is 17.0. The van der Waals surface area contributed by atoms with Crippen molar-refractivity contribution in [1.82, 2.24) is 4.90 Å². The molecule has 0 spiro atoms. The highest BCUT2D eigenvalue weighted by Crippen LogP contribution is 2.22. The first-order chi connectivity index (χ1) is 13.1. The third-order valence-electron chi connectivity index (χ3n) is 4.75. The van der Waals surface area contributed by atoms with E-state index in [1.807, 2.05) is 48.2 Å². The number of carbonyl (C=O) groups excluding carboxylic acids is 1. The molecule has 1 aliphatic rings. The number of benzene rings is 2. The summed E-state index contributed by atoms with van der Waals surface area (Å²) in [7, 11) is 1.66. The van der Waals surface area contributed by atoms with Gasteiger partial charge < -0.3 is 19.3 Å². The summed E-state index contributed by atoms with van der Waals surface area (Å²) >= 11 is 6.00. The largest absolute Gasteiger partial charge is 0.497 e. The Kier molecular flexibility index (Phi) is 6.45. The lowest BCUT2D eigenvalue weighted by Crippen LogP contribution is -2.52. The predicted octanol–water partition coefficient (Wildman–Crippen LogP) is 3.85. The number of nitrogens with zero attached hydrogens (tertiary/aromatic N) is 2. The molecule has 6 heteroatoms. The van der Waals surface area contributed by atoms with Gasteiger partial charge in [-0.15, -0.1) is 0 Å². The Hall–Kier alpha value is -2.40. The van der Waals surface area contributed by atoms with Crippen molar-refractivity contribution in [1.29, 1.82) is 0 Å². The van der Waals surface area contributed by atoms with Gasteiger partial charge in [-0.1, -0.05) is 24.6 Å². The molecule has 0 aromatic heterocycles. The molecule has 2 aromatic rings. The van der Waals surface area contributed by atoms with Crippen molar-refractivity contribution in [3.63, 3.8) is 0 Å². The number of halogens is 1. The van der Waals surface area contributed by atoms with Gasteiger partial charge in [-0.25, -0.2) is 0 Å². The van der Waals surface area contributed by atoms with Crippen LogP contribution in [0.4, 0.5) is 5.69 Å². The van der Waals surface area contributed by atoms with Crippen LogP contribution in [-0.4, -0.2) is 50.2 Å². The third-order valence-corrected chi connectivity index (χ3v) is 4.98. The number of hydrogen-bond donors (Lipinski definition) is 0. The molecule has 0 N–H and O–H groups in total. The first-order valence-electron chi connectivity index (χ1n) is 9.20. The molecule has 144 valence electrons. The fourth-order valence-electron chi connectivity index (χ4n) is 3.19. The minimum atomic E-state index is -0.490. The van der Waals surface area contributed by atoms with Crippen LogP contribution < -0.4 is 14.4 Å². The molecule has 2 aromatic carbocycles. The Bertz CT molecular complexity index is 758. The second-order valence-corrected chi connectivity index (χ2v) is 6.92. The average Bonchev–Trinajstić information content (AvgIpc) is 2.72. The topological polar surface area (TPSA) is 42.0 Å². The Morgan fingerprint density at radius 1 is 1.07 bits per heavy atom. The van der Waals surface area contributed by atoms with Crippen LogP contribution in [0, 0.1) is 0 Å². The van der Waals surface area contributed by atoms with E-state index in [9.17, 15) is 4.79 Å². The van der Waals surface area contributed by atoms with Crippen LogP contribution in [0.25, 0.3) is 0 Å². The Balaban J connectivity index is 1.57. The summed E-state index contributed by atoms with van der Waals surface area (Å²) in [6.45, 7) is 4.92. The minimum Gasteiger partial charge on any atom is -0.497 e. The van der Waals surface area contributed by atoms with Crippen molar-refractivity contribution in [2.75, 3.05) is 38.2 Å². The van der Waals surface area contributed by atoms with Crippen molar-refractivity contribution in [2.24, 2.45) is 0 Å². The van der Waals surface area contributed by atoms with Crippen molar-refractivity contribution in [3.8, 4) is 11.5 Å². The predicted molar refractivity (Wildman–Crippen MR) is 108 cm³/mol. The molecule has 0 bridgehead atoms. The van der Waals surface area contributed by atoms with Gasteiger partial charge in [0.25, 0.3) is 5.91 Å². The molecule has 1 heterocycles. The van der Waals surface area contributed by atoms with E-state index in [1.165, 1.54) is 0 Å². The van der Waals surface area contributed by atoms with Crippen LogP contribution in [0.2, 0.25) is 5.02 Å². The average molecular weight is 389 g/mol. The number of carbonyl (C=O) groups is 1. The molecular weight excluding hydrogens is 364 g/mol.